The molecule has 100 valence electrons. The lowest BCUT2D eigenvalue weighted by Gasteiger charge is -2.20. The summed E-state index contributed by atoms with van der Waals surface area (Å²) >= 11 is 3.68. The van der Waals surface area contributed by atoms with Crippen molar-refractivity contribution < 1.29 is 0 Å². The van der Waals surface area contributed by atoms with Crippen molar-refractivity contribution in [1.29, 1.82) is 0 Å². The van der Waals surface area contributed by atoms with E-state index in [1.54, 1.807) is 12.4 Å². The number of rotatable bonds is 5. The number of aromatic nitrogens is 2. The zero-order valence-corrected chi connectivity index (χ0v) is 12.8. The Hall–Kier alpha value is -1.26. The first-order valence-corrected chi connectivity index (χ1v) is 7.27. The Labute approximate surface area is 122 Å². The molecule has 2 rings (SSSR count). The Morgan fingerprint density at radius 3 is 2.84 bits per heavy atom. The van der Waals surface area contributed by atoms with E-state index in [4.69, 9.17) is 0 Å². The summed E-state index contributed by atoms with van der Waals surface area (Å²) in [4.78, 5) is 8.61. The molecule has 0 saturated carbocycles. The molecule has 3 nitrogen and oxygen atoms in total. The molecular weight excluding hydrogens is 302 g/mol. The first kappa shape index (κ1) is 14.2. The normalized spacial score (nSPS) is 12.4. The van der Waals surface area contributed by atoms with Crippen LogP contribution in [0.2, 0.25) is 0 Å². The zero-order chi connectivity index (χ0) is 13.7. The van der Waals surface area contributed by atoms with Crippen molar-refractivity contribution in [3.8, 4) is 0 Å². The molecule has 0 amide bonds. The molecule has 0 fully saturated rings. The summed E-state index contributed by atoms with van der Waals surface area (Å²) in [5.41, 5.74) is 3.38. The van der Waals surface area contributed by atoms with Gasteiger partial charge in [0.05, 0.1) is 17.9 Å². The predicted octanol–water partition coefficient (Wildman–Crippen LogP) is 3.64. The van der Waals surface area contributed by atoms with E-state index in [2.05, 4.69) is 63.3 Å². The van der Waals surface area contributed by atoms with Gasteiger partial charge in [-0.3, -0.25) is 9.97 Å². The minimum absolute atomic E-state index is 0.0722. The molecule has 1 aromatic heterocycles. The largest absolute Gasteiger partial charge is 0.305 e. The fourth-order valence-electron chi connectivity index (χ4n) is 2.02. The molecule has 1 atom stereocenters. The number of hydrogen-bond donors (Lipinski definition) is 1. The molecule has 1 heterocycles. The summed E-state index contributed by atoms with van der Waals surface area (Å²) in [7, 11) is 0. The lowest BCUT2D eigenvalue weighted by atomic mass is 10.0. The van der Waals surface area contributed by atoms with Crippen LogP contribution in [-0.4, -0.2) is 16.5 Å². The highest BCUT2D eigenvalue weighted by molar-refractivity contribution is 9.10. The minimum Gasteiger partial charge on any atom is -0.305 e. The van der Waals surface area contributed by atoms with Gasteiger partial charge in [0.1, 0.15) is 0 Å². The number of hydrogen-bond acceptors (Lipinski definition) is 3. The third-order valence-electron chi connectivity index (χ3n) is 3.01. The van der Waals surface area contributed by atoms with Gasteiger partial charge in [-0.1, -0.05) is 41.1 Å². The summed E-state index contributed by atoms with van der Waals surface area (Å²) < 4.78 is 1.13. The van der Waals surface area contributed by atoms with Crippen LogP contribution in [0.4, 0.5) is 0 Å². The van der Waals surface area contributed by atoms with Gasteiger partial charge in [0.15, 0.2) is 0 Å². The summed E-state index contributed by atoms with van der Waals surface area (Å²) in [5.74, 6) is 0. The van der Waals surface area contributed by atoms with Crippen LogP contribution in [0.5, 0.6) is 0 Å². The molecule has 0 saturated heterocycles. The molecule has 19 heavy (non-hydrogen) atoms. The summed E-state index contributed by atoms with van der Waals surface area (Å²) in [5, 5.41) is 3.54. The third kappa shape index (κ3) is 3.39. The van der Waals surface area contributed by atoms with E-state index in [0.717, 1.165) is 23.1 Å². The smallest absolute Gasteiger partial charge is 0.0801 e. The average molecular weight is 320 g/mol. The van der Waals surface area contributed by atoms with Gasteiger partial charge in [0.2, 0.25) is 0 Å². The highest BCUT2D eigenvalue weighted by atomic mass is 79.9. The third-order valence-corrected chi connectivity index (χ3v) is 4.09. The SMILES string of the molecule is CCCNC(c1cnccn1)c1cccc(C)c1Br. The van der Waals surface area contributed by atoms with E-state index in [1.807, 2.05) is 6.20 Å². The molecule has 1 unspecified atom stereocenters. The first-order valence-electron chi connectivity index (χ1n) is 6.48. The Balaban J connectivity index is 2.40. The van der Waals surface area contributed by atoms with E-state index >= 15 is 0 Å². The highest BCUT2D eigenvalue weighted by Crippen LogP contribution is 2.29. The summed E-state index contributed by atoms with van der Waals surface area (Å²) in [6.45, 7) is 5.20. The van der Waals surface area contributed by atoms with E-state index in [1.165, 1.54) is 11.1 Å². The average Bonchev–Trinajstić information content (AvgIpc) is 2.45. The van der Waals surface area contributed by atoms with Crippen LogP contribution in [-0.2, 0) is 0 Å². The monoisotopic (exact) mass is 319 g/mol. The fraction of sp³-hybridized carbons (Fsp3) is 0.333. The molecule has 1 aromatic carbocycles. The number of halogens is 1. The molecule has 0 bridgehead atoms. The van der Waals surface area contributed by atoms with Crippen LogP contribution >= 0.6 is 15.9 Å². The molecule has 0 aliphatic rings. The van der Waals surface area contributed by atoms with Crippen LogP contribution in [0.3, 0.4) is 0 Å². The van der Waals surface area contributed by atoms with Gasteiger partial charge in [-0.15, -0.1) is 0 Å². The Morgan fingerprint density at radius 1 is 1.32 bits per heavy atom. The number of aryl methyl sites for hydroxylation is 1. The maximum Gasteiger partial charge on any atom is 0.0801 e. The first-order chi connectivity index (χ1) is 9.24. The Bertz CT molecular complexity index is 528. The van der Waals surface area contributed by atoms with Gasteiger partial charge in [0.25, 0.3) is 0 Å². The maximum atomic E-state index is 4.43. The highest BCUT2D eigenvalue weighted by Gasteiger charge is 2.18. The molecule has 1 N–H and O–H groups in total. The summed E-state index contributed by atoms with van der Waals surface area (Å²) in [6.07, 6.45) is 6.34. The Morgan fingerprint density at radius 2 is 2.16 bits per heavy atom. The van der Waals surface area contributed by atoms with Gasteiger partial charge < -0.3 is 5.32 Å². The number of nitrogens with one attached hydrogen (secondary N) is 1. The van der Waals surface area contributed by atoms with Gasteiger partial charge in [-0.05, 0) is 31.0 Å². The predicted molar refractivity (Wildman–Crippen MR) is 81.0 cm³/mol. The van der Waals surface area contributed by atoms with Crippen molar-refractivity contribution in [2.45, 2.75) is 26.3 Å². The van der Waals surface area contributed by atoms with Gasteiger partial charge in [-0.25, -0.2) is 0 Å². The second kappa shape index (κ2) is 6.78. The molecule has 2 aromatic rings. The van der Waals surface area contributed by atoms with Gasteiger partial charge in [-0.2, -0.15) is 0 Å². The maximum absolute atomic E-state index is 4.43. The van der Waals surface area contributed by atoms with E-state index in [0.29, 0.717) is 0 Å². The summed E-state index contributed by atoms with van der Waals surface area (Å²) in [6, 6.07) is 6.37. The minimum atomic E-state index is 0.0722. The van der Waals surface area contributed by atoms with Crippen molar-refractivity contribution in [3.05, 3.63) is 58.1 Å². The molecule has 0 aliphatic carbocycles. The van der Waals surface area contributed by atoms with E-state index in [-0.39, 0.29) is 6.04 Å². The topological polar surface area (TPSA) is 37.8 Å². The second-order valence-corrected chi connectivity index (χ2v) is 5.29. The standard InChI is InChI=1S/C15H18BrN3/c1-3-7-19-15(13-10-17-8-9-18-13)12-6-4-5-11(2)14(12)16/h4-6,8-10,15,19H,3,7H2,1-2H3. The van der Waals surface area contributed by atoms with Crippen molar-refractivity contribution in [2.24, 2.45) is 0 Å². The second-order valence-electron chi connectivity index (χ2n) is 4.50. The van der Waals surface area contributed by atoms with Crippen molar-refractivity contribution in [3.63, 3.8) is 0 Å². The van der Waals surface area contributed by atoms with Crippen LogP contribution in [0, 0.1) is 6.92 Å². The van der Waals surface area contributed by atoms with Crippen molar-refractivity contribution in [2.75, 3.05) is 6.54 Å². The zero-order valence-electron chi connectivity index (χ0n) is 11.2. The quantitative estimate of drug-likeness (QED) is 0.914. The molecule has 4 heteroatoms. The number of nitrogens with zero attached hydrogens (tertiary/aromatic N) is 2. The van der Waals surface area contributed by atoms with Gasteiger partial charge >= 0.3 is 0 Å². The van der Waals surface area contributed by atoms with E-state index < -0.39 is 0 Å². The van der Waals surface area contributed by atoms with Crippen molar-refractivity contribution in [1.82, 2.24) is 15.3 Å². The molecule has 0 radical (unpaired) electrons. The van der Waals surface area contributed by atoms with E-state index in [9.17, 15) is 0 Å². The van der Waals surface area contributed by atoms with Crippen LogP contribution in [0.15, 0.2) is 41.3 Å². The lowest BCUT2D eigenvalue weighted by Crippen LogP contribution is -2.24. The molecule has 0 aliphatic heterocycles. The fourth-order valence-corrected chi connectivity index (χ4v) is 2.51. The molecule has 0 spiro atoms. The number of benzene rings is 1. The van der Waals surface area contributed by atoms with Crippen LogP contribution in [0.1, 0.15) is 36.2 Å². The van der Waals surface area contributed by atoms with Gasteiger partial charge in [0, 0.05) is 16.9 Å². The van der Waals surface area contributed by atoms with Crippen LogP contribution in [0.25, 0.3) is 0 Å². The molecular formula is C15H18BrN3. The lowest BCUT2D eigenvalue weighted by molar-refractivity contribution is 0.582. The Kier molecular flexibility index (Phi) is 5.05. The van der Waals surface area contributed by atoms with Crippen molar-refractivity contribution >= 4 is 15.9 Å². The van der Waals surface area contributed by atoms with Crippen LogP contribution < -0.4 is 5.32 Å².